The summed E-state index contributed by atoms with van der Waals surface area (Å²) in [5.41, 5.74) is 0. The summed E-state index contributed by atoms with van der Waals surface area (Å²) in [6, 6.07) is -1.05. The van der Waals surface area contributed by atoms with Gasteiger partial charge in [0.1, 0.15) is 0 Å². The maximum absolute atomic E-state index is 11.3. The van der Waals surface area contributed by atoms with Gasteiger partial charge in [-0.2, -0.15) is 0 Å². The molecule has 0 aliphatic carbocycles. The molecule has 0 bridgehead atoms. The van der Waals surface area contributed by atoms with Gasteiger partial charge in [0.15, 0.2) is 0 Å². The Hall–Kier alpha value is -0.871. The van der Waals surface area contributed by atoms with Crippen molar-refractivity contribution in [2.75, 3.05) is 0 Å². The minimum atomic E-state index is -1.33. The standard InChI is InChI=1S/C9H13NO4Se/c1-2-15-5-6(9(13)14)10-7(11)3-4-8(10)12/h6H,2-5H2,1H3,(H,13,14)/p-1. The van der Waals surface area contributed by atoms with Gasteiger partial charge in [0.25, 0.3) is 0 Å². The Morgan fingerprint density at radius 1 is 1.47 bits per heavy atom. The zero-order valence-electron chi connectivity index (χ0n) is 8.39. The summed E-state index contributed by atoms with van der Waals surface area (Å²) in [6.07, 6.45) is 0.253. The van der Waals surface area contributed by atoms with Crippen molar-refractivity contribution in [1.29, 1.82) is 0 Å². The van der Waals surface area contributed by atoms with Crippen LogP contribution in [0.5, 0.6) is 0 Å². The van der Waals surface area contributed by atoms with E-state index in [1.165, 1.54) is 0 Å². The van der Waals surface area contributed by atoms with E-state index in [-0.39, 0.29) is 39.6 Å². The van der Waals surface area contributed by atoms with Gasteiger partial charge in [0.05, 0.1) is 0 Å². The SMILES string of the molecule is CC[Se]CC(C(=O)[O-])N1C(=O)CCC1=O. The van der Waals surface area contributed by atoms with Crippen molar-refractivity contribution in [3.8, 4) is 0 Å². The molecule has 0 spiro atoms. The van der Waals surface area contributed by atoms with Gasteiger partial charge in [-0.15, -0.1) is 0 Å². The van der Waals surface area contributed by atoms with E-state index in [0.717, 1.165) is 10.2 Å². The molecule has 0 aromatic heterocycles. The molecule has 1 rings (SSSR count). The zero-order chi connectivity index (χ0) is 11.4. The zero-order valence-corrected chi connectivity index (χ0v) is 10.1. The Kier molecular flexibility index (Phi) is 4.29. The number of hydrogen-bond acceptors (Lipinski definition) is 4. The van der Waals surface area contributed by atoms with Gasteiger partial charge in [-0.25, -0.2) is 0 Å². The van der Waals surface area contributed by atoms with Gasteiger partial charge in [-0.1, -0.05) is 0 Å². The molecular weight excluding hydrogens is 265 g/mol. The molecule has 1 heterocycles. The molecule has 15 heavy (non-hydrogen) atoms. The van der Waals surface area contributed by atoms with Gasteiger partial charge in [-0.3, -0.25) is 0 Å². The van der Waals surface area contributed by atoms with Crippen molar-refractivity contribution in [3.63, 3.8) is 0 Å². The number of imide groups is 1. The first-order valence-electron chi connectivity index (χ1n) is 4.71. The van der Waals surface area contributed by atoms with Crippen LogP contribution < -0.4 is 5.11 Å². The number of aliphatic carboxylic acids is 1. The first-order valence-corrected chi connectivity index (χ1v) is 7.13. The average Bonchev–Trinajstić information content (AvgIpc) is 2.49. The van der Waals surface area contributed by atoms with Crippen LogP contribution in [0, 0.1) is 0 Å². The summed E-state index contributed by atoms with van der Waals surface area (Å²) in [6.45, 7) is 1.94. The second kappa shape index (κ2) is 5.28. The van der Waals surface area contributed by atoms with Gasteiger partial charge >= 0.3 is 93.6 Å². The maximum atomic E-state index is 11.3. The van der Waals surface area contributed by atoms with Crippen LogP contribution in [0.25, 0.3) is 0 Å². The summed E-state index contributed by atoms with van der Waals surface area (Å²) in [7, 11) is 0. The number of carboxylic acid groups (broad SMARTS) is 1. The molecule has 5 nitrogen and oxygen atoms in total. The molecule has 0 aromatic carbocycles. The molecule has 1 fully saturated rings. The van der Waals surface area contributed by atoms with Gasteiger partial charge in [0, 0.05) is 0 Å². The van der Waals surface area contributed by atoms with Crippen LogP contribution in [0.2, 0.25) is 10.6 Å². The Balaban J connectivity index is 2.74. The summed E-state index contributed by atoms with van der Waals surface area (Å²) >= 11 is 0.133. The minimum absolute atomic E-state index is 0.127. The van der Waals surface area contributed by atoms with E-state index in [1.807, 2.05) is 6.92 Å². The topological polar surface area (TPSA) is 77.5 Å². The molecule has 2 amide bonds. The predicted octanol–water partition coefficient (Wildman–Crippen LogP) is -1.19. The van der Waals surface area contributed by atoms with Gasteiger partial charge in [0.2, 0.25) is 0 Å². The monoisotopic (exact) mass is 278 g/mol. The third kappa shape index (κ3) is 2.79. The van der Waals surface area contributed by atoms with E-state index < -0.39 is 12.0 Å². The first-order chi connectivity index (χ1) is 7.07. The van der Waals surface area contributed by atoms with E-state index in [0.29, 0.717) is 5.32 Å². The molecule has 1 saturated heterocycles. The van der Waals surface area contributed by atoms with Crippen LogP contribution in [0.4, 0.5) is 0 Å². The number of amides is 2. The van der Waals surface area contributed by atoms with Gasteiger partial charge in [-0.05, 0) is 0 Å². The average molecular weight is 277 g/mol. The van der Waals surface area contributed by atoms with Crippen molar-refractivity contribution in [1.82, 2.24) is 4.90 Å². The molecule has 6 heteroatoms. The molecule has 0 aromatic rings. The third-order valence-corrected chi connectivity index (χ3v) is 4.17. The third-order valence-electron chi connectivity index (χ3n) is 2.15. The fourth-order valence-corrected chi connectivity index (χ4v) is 2.98. The quantitative estimate of drug-likeness (QED) is 0.468. The first kappa shape index (κ1) is 12.2. The molecule has 1 aliphatic rings. The fourth-order valence-electron chi connectivity index (χ4n) is 1.42. The van der Waals surface area contributed by atoms with Crippen LogP contribution in [-0.4, -0.2) is 43.7 Å². The van der Waals surface area contributed by atoms with E-state index >= 15 is 0 Å². The number of carbonyl (C=O) groups is 3. The van der Waals surface area contributed by atoms with E-state index in [1.54, 1.807) is 0 Å². The molecule has 1 aliphatic heterocycles. The molecule has 0 N–H and O–H groups in total. The molecule has 1 atom stereocenters. The number of nitrogens with zero attached hydrogens (tertiary/aromatic N) is 1. The van der Waals surface area contributed by atoms with Crippen LogP contribution in [0.15, 0.2) is 0 Å². The predicted molar refractivity (Wildman–Crippen MR) is 50.9 cm³/mol. The molecule has 0 saturated carbocycles. The number of carbonyl (C=O) groups excluding carboxylic acids is 3. The number of rotatable bonds is 5. The van der Waals surface area contributed by atoms with Crippen molar-refractivity contribution in [2.45, 2.75) is 36.4 Å². The van der Waals surface area contributed by atoms with Crippen LogP contribution in [-0.2, 0) is 14.4 Å². The second-order valence-corrected chi connectivity index (χ2v) is 5.92. The van der Waals surface area contributed by atoms with Crippen molar-refractivity contribution < 1.29 is 19.5 Å². The summed E-state index contributed by atoms with van der Waals surface area (Å²) in [4.78, 5) is 34.3. The second-order valence-electron chi connectivity index (χ2n) is 3.15. The fraction of sp³-hybridized carbons (Fsp3) is 0.667. The number of hydrogen-bond donors (Lipinski definition) is 0. The van der Waals surface area contributed by atoms with Gasteiger partial charge < -0.3 is 0 Å². The Labute approximate surface area is 94.0 Å². The van der Waals surface area contributed by atoms with Crippen LogP contribution in [0.3, 0.4) is 0 Å². The molecular formula is C9H12NO4Se-. The molecule has 84 valence electrons. The Morgan fingerprint density at radius 3 is 2.40 bits per heavy atom. The summed E-state index contributed by atoms with van der Waals surface area (Å²) in [5.74, 6) is -2.10. The molecule has 0 radical (unpaired) electrons. The molecule has 1 unspecified atom stereocenters. The van der Waals surface area contributed by atoms with E-state index in [9.17, 15) is 19.5 Å². The van der Waals surface area contributed by atoms with Crippen LogP contribution in [0.1, 0.15) is 19.8 Å². The normalized spacial score (nSPS) is 18.3. The Bertz CT molecular complexity index is 276. The van der Waals surface area contributed by atoms with Crippen molar-refractivity contribution in [2.24, 2.45) is 0 Å². The number of carboxylic acids is 1. The number of likely N-dealkylation sites (tertiary alicyclic amines) is 1. The summed E-state index contributed by atoms with van der Waals surface area (Å²) < 4.78 is 0. The van der Waals surface area contributed by atoms with Crippen LogP contribution >= 0.6 is 0 Å². The summed E-state index contributed by atoms with van der Waals surface area (Å²) in [5, 5.41) is 12.1. The van der Waals surface area contributed by atoms with E-state index in [4.69, 9.17) is 0 Å². The van der Waals surface area contributed by atoms with Crippen molar-refractivity contribution >= 4 is 32.7 Å². The van der Waals surface area contributed by atoms with Crippen molar-refractivity contribution in [3.05, 3.63) is 0 Å². The van der Waals surface area contributed by atoms with E-state index in [2.05, 4.69) is 0 Å². The Morgan fingerprint density at radius 2 is 2.00 bits per heavy atom.